The molecule has 0 fully saturated rings. The number of carbonyl (C=O) groups excluding carboxylic acids is 1. The van der Waals surface area contributed by atoms with Crippen molar-refractivity contribution in [3.8, 4) is 0 Å². The third-order valence-corrected chi connectivity index (χ3v) is 2.75. The molecule has 0 aromatic carbocycles. The highest BCUT2D eigenvalue weighted by Gasteiger charge is 2.29. The molecule has 0 radical (unpaired) electrons. The van der Waals surface area contributed by atoms with Crippen molar-refractivity contribution in [2.45, 2.75) is 32.7 Å². The molecular formula is C12H19N3O3. The summed E-state index contributed by atoms with van der Waals surface area (Å²) in [6, 6.07) is -0.953. The Morgan fingerprint density at radius 3 is 2.72 bits per heavy atom. The molecule has 1 unspecified atom stereocenters. The molecule has 1 aromatic rings. The molecule has 1 aromatic heterocycles. The number of aryl methyl sites for hydroxylation is 2. The predicted octanol–water partition coefficient (Wildman–Crippen LogP) is 0.977. The summed E-state index contributed by atoms with van der Waals surface area (Å²) < 4.78 is 1.58. The molecule has 0 aliphatic heterocycles. The van der Waals surface area contributed by atoms with Crippen molar-refractivity contribution >= 4 is 12.4 Å². The zero-order valence-corrected chi connectivity index (χ0v) is 11.0. The van der Waals surface area contributed by atoms with Crippen LogP contribution in [0.4, 0.5) is 0 Å². The molecule has 0 saturated heterocycles. The van der Waals surface area contributed by atoms with Gasteiger partial charge in [-0.2, -0.15) is 5.10 Å². The molecule has 18 heavy (non-hydrogen) atoms. The lowest BCUT2D eigenvalue weighted by atomic mass is 10.1. The molecule has 1 atom stereocenters. The maximum atomic E-state index is 11.4. The maximum Gasteiger partial charge on any atom is 0.331 e. The first-order valence-corrected chi connectivity index (χ1v) is 6.01. The Balaban J connectivity index is 3.17. The van der Waals surface area contributed by atoms with E-state index in [-0.39, 0.29) is 0 Å². The van der Waals surface area contributed by atoms with E-state index in [1.165, 1.54) is 4.90 Å². The lowest BCUT2D eigenvalue weighted by Crippen LogP contribution is -2.34. The van der Waals surface area contributed by atoms with E-state index in [9.17, 15) is 14.7 Å². The summed E-state index contributed by atoms with van der Waals surface area (Å²) in [5, 5.41) is 13.6. The average molecular weight is 253 g/mol. The van der Waals surface area contributed by atoms with E-state index in [0.717, 1.165) is 0 Å². The molecule has 6 heteroatoms. The van der Waals surface area contributed by atoms with Crippen LogP contribution in [0.5, 0.6) is 0 Å². The fraction of sp³-hybridized carbons (Fsp3) is 0.583. The lowest BCUT2D eigenvalue weighted by Gasteiger charge is -2.24. The molecule has 1 amide bonds. The van der Waals surface area contributed by atoms with Gasteiger partial charge in [0, 0.05) is 25.4 Å². The third-order valence-electron chi connectivity index (χ3n) is 2.75. The molecule has 0 saturated carbocycles. The SMILES string of the molecule is CCCN(C=O)C(C(=O)O)c1cn(C)nc1CC. The first-order chi connectivity index (χ1) is 8.54. The van der Waals surface area contributed by atoms with Crippen molar-refractivity contribution in [3.05, 3.63) is 17.5 Å². The monoisotopic (exact) mass is 253 g/mol. The van der Waals surface area contributed by atoms with Crippen molar-refractivity contribution in [1.29, 1.82) is 0 Å². The summed E-state index contributed by atoms with van der Waals surface area (Å²) in [7, 11) is 1.74. The number of carboxylic acids is 1. The third kappa shape index (κ3) is 2.88. The molecule has 1 heterocycles. The summed E-state index contributed by atoms with van der Waals surface area (Å²) in [6.45, 7) is 4.23. The highest BCUT2D eigenvalue weighted by atomic mass is 16.4. The number of hydrogen-bond acceptors (Lipinski definition) is 3. The van der Waals surface area contributed by atoms with Crippen LogP contribution in [0, 0.1) is 0 Å². The number of carbonyl (C=O) groups is 2. The van der Waals surface area contributed by atoms with Crippen molar-refractivity contribution in [1.82, 2.24) is 14.7 Å². The van der Waals surface area contributed by atoms with E-state index in [1.54, 1.807) is 17.9 Å². The van der Waals surface area contributed by atoms with E-state index < -0.39 is 12.0 Å². The molecule has 100 valence electrons. The summed E-state index contributed by atoms with van der Waals surface area (Å²) >= 11 is 0. The Morgan fingerprint density at radius 1 is 1.61 bits per heavy atom. The van der Waals surface area contributed by atoms with Crippen LogP contribution in [-0.2, 0) is 23.1 Å². The first kappa shape index (κ1) is 14.2. The van der Waals surface area contributed by atoms with Gasteiger partial charge < -0.3 is 10.0 Å². The quantitative estimate of drug-likeness (QED) is 0.735. The highest BCUT2D eigenvalue weighted by Crippen LogP contribution is 2.23. The molecule has 0 spiro atoms. The van der Waals surface area contributed by atoms with Crippen LogP contribution in [0.1, 0.15) is 37.6 Å². The van der Waals surface area contributed by atoms with Crippen molar-refractivity contribution in [3.63, 3.8) is 0 Å². The van der Waals surface area contributed by atoms with Gasteiger partial charge in [0.1, 0.15) is 0 Å². The van der Waals surface area contributed by atoms with Crippen LogP contribution in [0.3, 0.4) is 0 Å². The minimum absolute atomic E-state index is 0.415. The average Bonchev–Trinajstić information content (AvgIpc) is 2.69. The number of amides is 1. The first-order valence-electron chi connectivity index (χ1n) is 6.01. The highest BCUT2D eigenvalue weighted by molar-refractivity contribution is 5.78. The summed E-state index contributed by atoms with van der Waals surface area (Å²) in [5.41, 5.74) is 1.31. The van der Waals surface area contributed by atoms with Crippen LogP contribution in [-0.4, -0.2) is 38.7 Å². The van der Waals surface area contributed by atoms with Gasteiger partial charge in [0.25, 0.3) is 0 Å². The molecule has 1 N–H and O–H groups in total. The number of hydrogen-bond donors (Lipinski definition) is 1. The van der Waals surface area contributed by atoms with Gasteiger partial charge in [-0.3, -0.25) is 9.48 Å². The second kappa shape index (κ2) is 6.18. The Kier molecular flexibility index (Phi) is 4.88. The van der Waals surface area contributed by atoms with Crippen LogP contribution in [0.2, 0.25) is 0 Å². The number of rotatable bonds is 7. The Labute approximate surface area is 106 Å². The zero-order valence-electron chi connectivity index (χ0n) is 11.0. The summed E-state index contributed by atoms with van der Waals surface area (Å²) in [5.74, 6) is -1.03. The van der Waals surface area contributed by atoms with Crippen LogP contribution < -0.4 is 0 Å². The number of nitrogens with zero attached hydrogens (tertiary/aromatic N) is 3. The van der Waals surface area contributed by atoms with Crippen LogP contribution >= 0.6 is 0 Å². The Bertz CT molecular complexity index is 428. The van der Waals surface area contributed by atoms with Gasteiger partial charge in [-0.1, -0.05) is 13.8 Å². The minimum atomic E-state index is -1.03. The fourth-order valence-corrected chi connectivity index (χ4v) is 2.01. The minimum Gasteiger partial charge on any atom is -0.479 e. The number of aliphatic carboxylic acids is 1. The summed E-state index contributed by atoms with van der Waals surface area (Å²) in [6.07, 6.45) is 3.61. The molecular weight excluding hydrogens is 234 g/mol. The second-order valence-electron chi connectivity index (χ2n) is 4.14. The molecule has 1 rings (SSSR count). The lowest BCUT2D eigenvalue weighted by molar-refractivity contribution is -0.146. The zero-order chi connectivity index (χ0) is 13.7. The Hall–Kier alpha value is -1.85. The van der Waals surface area contributed by atoms with Crippen LogP contribution in [0.25, 0.3) is 0 Å². The normalized spacial score (nSPS) is 12.2. The van der Waals surface area contributed by atoms with Gasteiger partial charge in [0.05, 0.1) is 5.69 Å². The van der Waals surface area contributed by atoms with E-state index in [1.807, 2.05) is 13.8 Å². The van der Waals surface area contributed by atoms with Crippen molar-refractivity contribution < 1.29 is 14.7 Å². The van der Waals surface area contributed by atoms with Crippen molar-refractivity contribution in [2.75, 3.05) is 6.54 Å². The second-order valence-corrected chi connectivity index (χ2v) is 4.14. The van der Waals surface area contributed by atoms with E-state index in [2.05, 4.69) is 5.10 Å². The van der Waals surface area contributed by atoms with Gasteiger partial charge in [0.15, 0.2) is 6.04 Å². The maximum absolute atomic E-state index is 11.4. The van der Waals surface area contributed by atoms with Gasteiger partial charge in [-0.25, -0.2) is 4.79 Å². The number of carboxylic acid groups (broad SMARTS) is 1. The van der Waals surface area contributed by atoms with Gasteiger partial charge in [-0.05, 0) is 12.8 Å². The number of aromatic nitrogens is 2. The van der Waals surface area contributed by atoms with Gasteiger partial charge in [0.2, 0.25) is 6.41 Å². The predicted molar refractivity (Wildman–Crippen MR) is 66.0 cm³/mol. The van der Waals surface area contributed by atoms with E-state index >= 15 is 0 Å². The molecule has 0 aliphatic carbocycles. The van der Waals surface area contributed by atoms with Crippen LogP contribution in [0.15, 0.2) is 6.20 Å². The van der Waals surface area contributed by atoms with E-state index in [4.69, 9.17) is 0 Å². The van der Waals surface area contributed by atoms with Gasteiger partial charge in [-0.15, -0.1) is 0 Å². The molecule has 0 bridgehead atoms. The van der Waals surface area contributed by atoms with Gasteiger partial charge >= 0.3 is 5.97 Å². The smallest absolute Gasteiger partial charge is 0.331 e. The fourth-order valence-electron chi connectivity index (χ4n) is 2.01. The summed E-state index contributed by atoms with van der Waals surface area (Å²) in [4.78, 5) is 23.8. The molecule has 0 aliphatic rings. The topological polar surface area (TPSA) is 75.4 Å². The largest absolute Gasteiger partial charge is 0.479 e. The Morgan fingerprint density at radius 2 is 2.28 bits per heavy atom. The van der Waals surface area contributed by atoms with Crippen molar-refractivity contribution in [2.24, 2.45) is 7.05 Å². The van der Waals surface area contributed by atoms with E-state index in [0.29, 0.717) is 37.1 Å². The molecule has 6 nitrogen and oxygen atoms in total. The standard InChI is InChI=1S/C12H19N3O3/c1-4-6-15(8-16)11(12(17)18)9-7-14(3)13-10(9)5-2/h7-8,11H,4-6H2,1-3H3,(H,17,18).